The van der Waals surface area contributed by atoms with Crippen molar-refractivity contribution in [2.24, 2.45) is 28.6 Å². The van der Waals surface area contributed by atoms with Gasteiger partial charge in [0, 0.05) is 16.7 Å². The summed E-state index contributed by atoms with van der Waals surface area (Å²) < 4.78 is 48.3. The zero-order chi connectivity index (χ0) is 23.1. The largest absolute Gasteiger partial charge is 0.496 e. The molecule has 8 atom stereocenters. The van der Waals surface area contributed by atoms with Gasteiger partial charge in [-0.15, -0.1) is 0 Å². The molecule has 2 spiro atoms. The van der Waals surface area contributed by atoms with Gasteiger partial charge in [-0.05, 0) is 91.9 Å². The van der Waals surface area contributed by atoms with E-state index in [1.807, 2.05) is 13.0 Å². The average Bonchev–Trinajstić information content (AvgIpc) is 3.00. The molecule has 2 unspecified atom stereocenters. The molecule has 0 saturated heterocycles. The Bertz CT molecular complexity index is 1020. The summed E-state index contributed by atoms with van der Waals surface area (Å²) in [5.74, 6) is 0.211. The monoisotopic (exact) mass is 450 g/mol. The highest BCUT2D eigenvalue weighted by Crippen LogP contribution is 2.84. The number of aliphatic hydroxyl groups is 2. The van der Waals surface area contributed by atoms with Gasteiger partial charge in [-0.3, -0.25) is 0 Å². The van der Waals surface area contributed by atoms with Crippen LogP contribution in [0, 0.1) is 28.6 Å². The Kier molecular flexibility index (Phi) is 3.78. The van der Waals surface area contributed by atoms with E-state index < -0.39 is 28.7 Å². The van der Waals surface area contributed by atoms with Crippen LogP contribution in [0.1, 0.15) is 69.6 Å². The maximum absolute atomic E-state index is 14.2. The number of halogens is 3. The molecule has 32 heavy (non-hydrogen) atoms. The molecule has 6 aliphatic carbocycles. The number of ether oxygens (including phenoxy) is 1. The standard InChI is InChI=1S/C26H33F3O3/c1-14-7-8-24-20-15-5-6-18(32-4)16(20)12-21(24,2)25(31)10-9-23(24,17(14)11-15)13-19(25)22(3,30)26(27,28)29/h5-6,14,17,19,30-31H,7-13H2,1-4H3/t14?,17-,19+,21-,22?,23+,24-,25+/m0/s1. The maximum atomic E-state index is 14.2. The summed E-state index contributed by atoms with van der Waals surface area (Å²) in [5, 5.41) is 23.3. The fourth-order valence-electron chi connectivity index (χ4n) is 10.1. The molecule has 2 N–H and O–H groups in total. The van der Waals surface area contributed by atoms with Gasteiger partial charge in [0.05, 0.1) is 12.7 Å². The van der Waals surface area contributed by atoms with Gasteiger partial charge in [-0.25, -0.2) is 0 Å². The highest BCUT2D eigenvalue weighted by Gasteiger charge is 2.84. The summed E-state index contributed by atoms with van der Waals surface area (Å²) in [6.45, 7) is 5.17. The number of hydrogen-bond donors (Lipinski definition) is 2. The number of fused-ring (bicyclic) bond motifs is 2. The van der Waals surface area contributed by atoms with Gasteiger partial charge in [-0.1, -0.05) is 19.9 Å². The molecule has 4 fully saturated rings. The quantitative estimate of drug-likeness (QED) is 0.671. The van der Waals surface area contributed by atoms with Gasteiger partial charge in [0.1, 0.15) is 5.75 Å². The van der Waals surface area contributed by atoms with Crippen molar-refractivity contribution in [3.05, 3.63) is 28.8 Å². The molecule has 1 aromatic carbocycles. The van der Waals surface area contributed by atoms with Crippen molar-refractivity contribution in [1.82, 2.24) is 0 Å². The van der Waals surface area contributed by atoms with Crippen molar-refractivity contribution < 1.29 is 28.1 Å². The highest BCUT2D eigenvalue weighted by molar-refractivity contribution is 5.61. The zero-order valence-electron chi connectivity index (χ0n) is 19.3. The van der Waals surface area contributed by atoms with Gasteiger partial charge in [-0.2, -0.15) is 13.2 Å². The Morgan fingerprint density at radius 3 is 2.53 bits per heavy atom. The summed E-state index contributed by atoms with van der Waals surface area (Å²) in [6.07, 6.45) is -0.239. The lowest BCUT2D eigenvalue weighted by Crippen LogP contribution is -2.81. The first kappa shape index (κ1) is 21.3. The third kappa shape index (κ3) is 1.87. The Hall–Kier alpha value is -1.27. The number of hydrogen-bond acceptors (Lipinski definition) is 3. The number of rotatable bonds is 2. The van der Waals surface area contributed by atoms with E-state index in [9.17, 15) is 23.4 Å². The fourth-order valence-corrected chi connectivity index (χ4v) is 10.1. The fraction of sp³-hybridized carbons (Fsp3) is 0.769. The topological polar surface area (TPSA) is 49.7 Å². The SMILES string of the molecule is COc1ccc2c3c1C[C@@]1(C)[C@]34CCC(C)[C@H](C2)[C@]42CC[C@@]1(O)[C@@H](C(C)(O)C(F)(F)F)C2. The molecule has 7 rings (SSSR count). The molecule has 4 saturated carbocycles. The van der Waals surface area contributed by atoms with Crippen molar-refractivity contribution in [3.8, 4) is 5.75 Å². The Labute approximate surface area is 187 Å². The predicted octanol–water partition coefficient (Wildman–Crippen LogP) is 4.94. The third-order valence-electron chi connectivity index (χ3n) is 11.4. The van der Waals surface area contributed by atoms with Crippen LogP contribution in [0.3, 0.4) is 0 Å². The first-order valence-corrected chi connectivity index (χ1v) is 12.0. The smallest absolute Gasteiger partial charge is 0.417 e. The summed E-state index contributed by atoms with van der Waals surface area (Å²) in [5.41, 5.74) is -2.37. The second kappa shape index (κ2) is 5.68. The van der Waals surface area contributed by atoms with Crippen LogP contribution >= 0.6 is 0 Å². The molecule has 176 valence electrons. The molecule has 1 aromatic rings. The highest BCUT2D eigenvalue weighted by atomic mass is 19.4. The average molecular weight is 451 g/mol. The molecule has 0 aliphatic heterocycles. The van der Waals surface area contributed by atoms with Crippen LogP contribution in [0.5, 0.6) is 5.75 Å². The molecular weight excluding hydrogens is 417 g/mol. The minimum Gasteiger partial charge on any atom is -0.496 e. The second-order valence-corrected chi connectivity index (χ2v) is 12.0. The van der Waals surface area contributed by atoms with Gasteiger partial charge in [0.2, 0.25) is 0 Å². The van der Waals surface area contributed by atoms with Crippen molar-refractivity contribution >= 4 is 0 Å². The first-order chi connectivity index (χ1) is 14.8. The van der Waals surface area contributed by atoms with Crippen LogP contribution in [0.4, 0.5) is 13.2 Å². The summed E-state index contributed by atoms with van der Waals surface area (Å²) in [4.78, 5) is 0. The van der Waals surface area contributed by atoms with Crippen LogP contribution < -0.4 is 4.74 Å². The summed E-state index contributed by atoms with van der Waals surface area (Å²) in [7, 11) is 1.64. The van der Waals surface area contributed by atoms with Crippen LogP contribution in [0.15, 0.2) is 12.1 Å². The molecule has 3 nitrogen and oxygen atoms in total. The van der Waals surface area contributed by atoms with E-state index >= 15 is 0 Å². The maximum Gasteiger partial charge on any atom is 0.417 e. The predicted molar refractivity (Wildman–Crippen MR) is 113 cm³/mol. The van der Waals surface area contributed by atoms with Crippen LogP contribution in [0.25, 0.3) is 0 Å². The van der Waals surface area contributed by atoms with Crippen molar-refractivity contribution in [2.45, 2.75) is 88.5 Å². The minimum absolute atomic E-state index is 0.233. The Balaban J connectivity index is 1.68. The van der Waals surface area contributed by atoms with E-state index in [0.29, 0.717) is 18.8 Å². The van der Waals surface area contributed by atoms with Crippen molar-refractivity contribution in [3.63, 3.8) is 0 Å². The molecule has 0 heterocycles. The van der Waals surface area contributed by atoms with Crippen LogP contribution in [-0.2, 0) is 18.3 Å². The number of alkyl halides is 3. The van der Waals surface area contributed by atoms with E-state index in [4.69, 9.17) is 4.74 Å². The number of methoxy groups -OCH3 is 1. The summed E-state index contributed by atoms with van der Waals surface area (Å²) in [6, 6.07) is 4.15. The lowest BCUT2D eigenvalue weighted by Gasteiger charge is -2.79. The Morgan fingerprint density at radius 1 is 1.16 bits per heavy atom. The lowest BCUT2D eigenvalue weighted by molar-refractivity contribution is -0.363. The molecule has 0 amide bonds. The third-order valence-corrected chi connectivity index (χ3v) is 11.4. The zero-order valence-corrected chi connectivity index (χ0v) is 19.3. The van der Waals surface area contributed by atoms with Crippen LogP contribution in [-0.4, -0.2) is 34.7 Å². The summed E-state index contributed by atoms with van der Waals surface area (Å²) >= 11 is 0. The van der Waals surface area contributed by atoms with Gasteiger partial charge in [0.25, 0.3) is 0 Å². The van der Waals surface area contributed by atoms with E-state index in [1.54, 1.807) is 7.11 Å². The van der Waals surface area contributed by atoms with Gasteiger partial charge < -0.3 is 14.9 Å². The van der Waals surface area contributed by atoms with Crippen molar-refractivity contribution in [2.75, 3.05) is 7.11 Å². The molecule has 4 bridgehead atoms. The second-order valence-electron chi connectivity index (χ2n) is 12.0. The van der Waals surface area contributed by atoms with Crippen molar-refractivity contribution in [1.29, 1.82) is 0 Å². The lowest BCUT2D eigenvalue weighted by atomic mass is 9.26. The van der Waals surface area contributed by atoms with E-state index in [2.05, 4.69) is 13.0 Å². The number of benzene rings is 1. The molecular formula is C26H33F3O3. The van der Waals surface area contributed by atoms with Gasteiger partial charge in [0.15, 0.2) is 5.60 Å². The molecule has 0 aromatic heterocycles. The normalized spacial score (nSPS) is 47.7. The van der Waals surface area contributed by atoms with Gasteiger partial charge >= 0.3 is 6.18 Å². The van der Waals surface area contributed by atoms with Crippen LogP contribution in [0.2, 0.25) is 0 Å². The first-order valence-electron chi connectivity index (χ1n) is 12.0. The molecule has 0 radical (unpaired) electrons. The minimum atomic E-state index is -4.80. The van der Waals surface area contributed by atoms with E-state index in [1.165, 1.54) is 11.1 Å². The van der Waals surface area contributed by atoms with E-state index in [0.717, 1.165) is 43.9 Å². The molecule has 6 heteroatoms. The Morgan fingerprint density at radius 2 is 1.88 bits per heavy atom. The van der Waals surface area contributed by atoms with E-state index in [-0.39, 0.29) is 23.2 Å². The molecule has 6 aliphatic rings.